The first-order valence-electron chi connectivity index (χ1n) is 5.67. The van der Waals surface area contributed by atoms with Crippen LogP contribution in [0.2, 0.25) is 0 Å². The fourth-order valence-corrected chi connectivity index (χ4v) is 1.78. The summed E-state index contributed by atoms with van der Waals surface area (Å²) in [5.74, 6) is 0. The summed E-state index contributed by atoms with van der Waals surface area (Å²) in [4.78, 5) is 0. The first-order valence-corrected chi connectivity index (χ1v) is 5.67. The third-order valence-corrected chi connectivity index (χ3v) is 2.66. The molecule has 1 aliphatic heterocycles. The van der Waals surface area contributed by atoms with Crippen molar-refractivity contribution in [2.75, 3.05) is 33.0 Å². The maximum Gasteiger partial charge on any atom is 0.0645 e. The molecule has 1 atom stereocenters. The van der Waals surface area contributed by atoms with Gasteiger partial charge in [-0.1, -0.05) is 0 Å². The molecule has 0 aliphatic carbocycles. The zero-order valence-corrected chi connectivity index (χ0v) is 9.47. The molecule has 0 spiro atoms. The van der Waals surface area contributed by atoms with Crippen molar-refractivity contribution in [3.8, 4) is 0 Å². The monoisotopic (exact) mass is 201 g/mol. The van der Waals surface area contributed by atoms with Crippen LogP contribution in [0.1, 0.15) is 33.1 Å². The molecule has 0 aromatic heterocycles. The van der Waals surface area contributed by atoms with E-state index in [9.17, 15) is 0 Å². The van der Waals surface area contributed by atoms with Gasteiger partial charge >= 0.3 is 0 Å². The summed E-state index contributed by atoms with van der Waals surface area (Å²) in [7, 11) is 0. The summed E-state index contributed by atoms with van der Waals surface area (Å²) in [5.41, 5.74) is 0.199. The molecule has 84 valence electrons. The lowest BCUT2D eigenvalue weighted by molar-refractivity contribution is 0.0274. The Morgan fingerprint density at radius 1 is 1.50 bits per heavy atom. The van der Waals surface area contributed by atoms with Crippen LogP contribution in [0.4, 0.5) is 0 Å². The highest BCUT2D eigenvalue weighted by Gasteiger charge is 2.26. The van der Waals surface area contributed by atoms with Gasteiger partial charge in [0.1, 0.15) is 0 Å². The van der Waals surface area contributed by atoms with E-state index in [1.54, 1.807) is 0 Å². The molecule has 1 unspecified atom stereocenters. The van der Waals surface area contributed by atoms with Gasteiger partial charge in [0.15, 0.2) is 0 Å². The standard InChI is InChI=1S/C11H23NO2/c1-3-13-9-5-7-12-11(2)6-4-8-14-10-11/h12H,3-10H2,1-2H3. The highest BCUT2D eigenvalue weighted by atomic mass is 16.5. The highest BCUT2D eigenvalue weighted by Crippen LogP contribution is 2.17. The number of hydrogen-bond donors (Lipinski definition) is 1. The van der Waals surface area contributed by atoms with Crippen LogP contribution in [0.3, 0.4) is 0 Å². The predicted octanol–water partition coefficient (Wildman–Crippen LogP) is 1.57. The van der Waals surface area contributed by atoms with Gasteiger partial charge in [0.2, 0.25) is 0 Å². The second kappa shape index (κ2) is 6.38. The Labute approximate surface area is 87.2 Å². The summed E-state index contributed by atoms with van der Waals surface area (Å²) in [6, 6.07) is 0. The van der Waals surface area contributed by atoms with Crippen LogP contribution in [0.5, 0.6) is 0 Å². The third-order valence-electron chi connectivity index (χ3n) is 2.66. The first kappa shape index (κ1) is 12.0. The minimum atomic E-state index is 0.199. The van der Waals surface area contributed by atoms with Gasteiger partial charge in [-0.15, -0.1) is 0 Å². The largest absolute Gasteiger partial charge is 0.382 e. The van der Waals surface area contributed by atoms with E-state index in [4.69, 9.17) is 9.47 Å². The van der Waals surface area contributed by atoms with E-state index < -0.39 is 0 Å². The van der Waals surface area contributed by atoms with Crippen LogP contribution in [0.25, 0.3) is 0 Å². The average Bonchev–Trinajstić information content (AvgIpc) is 2.18. The summed E-state index contributed by atoms with van der Waals surface area (Å²) in [6.45, 7) is 8.76. The van der Waals surface area contributed by atoms with E-state index in [0.717, 1.165) is 39.4 Å². The summed E-state index contributed by atoms with van der Waals surface area (Å²) < 4.78 is 10.8. The zero-order chi connectivity index (χ0) is 10.3. The fraction of sp³-hybridized carbons (Fsp3) is 1.00. The van der Waals surface area contributed by atoms with Gasteiger partial charge in [-0.25, -0.2) is 0 Å². The van der Waals surface area contributed by atoms with Crippen molar-refractivity contribution in [1.82, 2.24) is 5.32 Å². The molecule has 0 amide bonds. The molecule has 1 saturated heterocycles. The average molecular weight is 201 g/mol. The minimum Gasteiger partial charge on any atom is -0.382 e. The van der Waals surface area contributed by atoms with Crippen molar-refractivity contribution < 1.29 is 9.47 Å². The van der Waals surface area contributed by atoms with E-state index in [1.807, 2.05) is 6.92 Å². The van der Waals surface area contributed by atoms with Crippen molar-refractivity contribution in [2.24, 2.45) is 0 Å². The van der Waals surface area contributed by atoms with Crippen LogP contribution in [-0.2, 0) is 9.47 Å². The van der Waals surface area contributed by atoms with Gasteiger partial charge in [0.25, 0.3) is 0 Å². The van der Waals surface area contributed by atoms with Gasteiger partial charge in [-0.05, 0) is 39.7 Å². The van der Waals surface area contributed by atoms with Gasteiger partial charge in [-0.2, -0.15) is 0 Å². The Bertz CT molecular complexity index is 144. The van der Waals surface area contributed by atoms with Crippen molar-refractivity contribution in [2.45, 2.75) is 38.6 Å². The molecule has 0 saturated carbocycles. The normalized spacial score (nSPS) is 27.9. The first-order chi connectivity index (χ1) is 6.77. The molecule has 1 fully saturated rings. The molecular formula is C11H23NO2. The van der Waals surface area contributed by atoms with Crippen LogP contribution < -0.4 is 5.32 Å². The van der Waals surface area contributed by atoms with E-state index in [0.29, 0.717) is 0 Å². The molecule has 0 aromatic carbocycles. The molecule has 1 aliphatic rings. The molecule has 1 heterocycles. The number of rotatable bonds is 6. The number of ether oxygens (including phenoxy) is 2. The molecule has 3 nitrogen and oxygen atoms in total. The zero-order valence-electron chi connectivity index (χ0n) is 9.47. The predicted molar refractivity (Wildman–Crippen MR) is 57.6 cm³/mol. The number of hydrogen-bond acceptors (Lipinski definition) is 3. The van der Waals surface area contributed by atoms with Gasteiger partial charge in [0, 0.05) is 25.4 Å². The van der Waals surface area contributed by atoms with Gasteiger partial charge in [-0.3, -0.25) is 0 Å². The van der Waals surface area contributed by atoms with Crippen LogP contribution in [0.15, 0.2) is 0 Å². The lowest BCUT2D eigenvalue weighted by atomic mass is 9.95. The molecule has 14 heavy (non-hydrogen) atoms. The van der Waals surface area contributed by atoms with Crippen molar-refractivity contribution in [3.05, 3.63) is 0 Å². The smallest absolute Gasteiger partial charge is 0.0645 e. The quantitative estimate of drug-likeness (QED) is 0.662. The van der Waals surface area contributed by atoms with Crippen LogP contribution >= 0.6 is 0 Å². The number of nitrogens with one attached hydrogen (secondary N) is 1. The van der Waals surface area contributed by atoms with Crippen molar-refractivity contribution in [1.29, 1.82) is 0 Å². The SMILES string of the molecule is CCOCCCNC1(C)CCCOC1. The van der Waals surface area contributed by atoms with Crippen molar-refractivity contribution in [3.63, 3.8) is 0 Å². The van der Waals surface area contributed by atoms with E-state index in [2.05, 4.69) is 12.2 Å². The van der Waals surface area contributed by atoms with Crippen LogP contribution in [-0.4, -0.2) is 38.5 Å². The molecule has 3 heteroatoms. The Morgan fingerprint density at radius 3 is 3.00 bits per heavy atom. The Morgan fingerprint density at radius 2 is 2.36 bits per heavy atom. The third kappa shape index (κ3) is 4.40. The molecular weight excluding hydrogens is 178 g/mol. The highest BCUT2D eigenvalue weighted by molar-refractivity contribution is 4.84. The molecule has 1 rings (SSSR count). The lowest BCUT2D eigenvalue weighted by Crippen LogP contribution is -2.49. The van der Waals surface area contributed by atoms with Gasteiger partial charge < -0.3 is 14.8 Å². The summed E-state index contributed by atoms with van der Waals surface area (Å²) in [5, 5.41) is 3.55. The maximum atomic E-state index is 5.47. The summed E-state index contributed by atoms with van der Waals surface area (Å²) >= 11 is 0. The molecule has 0 bridgehead atoms. The van der Waals surface area contributed by atoms with E-state index >= 15 is 0 Å². The molecule has 0 radical (unpaired) electrons. The Kier molecular flexibility index (Phi) is 5.45. The second-order valence-electron chi connectivity index (χ2n) is 4.19. The van der Waals surface area contributed by atoms with Crippen molar-refractivity contribution >= 4 is 0 Å². The van der Waals surface area contributed by atoms with E-state index in [1.165, 1.54) is 12.8 Å². The molecule has 1 N–H and O–H groups in total. The van der Waals surface area contributed by atoms with Gasteiger partial charge in [0.05, 0.1) is 6.61 Å². The fourth-order valence-electron chi connectivity index (χ4n) is 1.78. The lowest BCUT2D eigenvalue weighted by Gasteiger charge is -2.34. The Hall–Kier alpha value is -0.120. The van der Waals surface area contributed by atoms with E-state index in [-0.39, 0.29) is 5.54 Å². The second-order valence-corrected chi connectivity index (χ2v) is 4.19. The minimum absolute atomic E-state index is 0.199. The topological polar surface area (TPSA) is 30.5 Å². The Balaban J connectivity index is 2.03. The maximum absolute atomic E-state index is 5.47. The van der Waals surface area contributed by atoms with Crippen LogP contribution in [0, 0.1) is 0 Å². The summed E-state index contributed by atoms with van der Waals surface area (Å²) in [6.07, 6.45) is 3.49. The molecule has 0 aromatic rings.